The van der Waals surface area contributed by atoms with E-state index < -0.39 is 0 Å². The highest BCUT2D eigenvalue weighted by Crippen LogP contribution is 2.37. The molecule has 3 nitrogen and oxygen atoms in total. The Morgan fingerprint density at radius 3 is 2.65 bits per heavy atom. The molecule has 106 valence electrons. The zero-order valence-electron chi connectivity index (χ0n) is 12.1. The van der Waals surface area contributed by atoms with E-state index in [0.29, 0.717) is 0 Å². The van der Waals surface area contributed by atoms with E-state index in [2.05, 4.69) is 47.0 Å². The van der Waals surface area contributed by atoms with E-state index in [1.54, 1.807) is 0 Å². The van der Waals surface area contributed by atoms with Crippen LogP contribution in [0.25, 0.3) is 10.9 Å². The summed E-state index contributed by atoms with van der Waals surface area (Å²) in [6, 6.07) is 9.02. The van der Waals surface area contributed by atoms with Crippen LogP contribution in [0.15, 0.2) is 30.5 Å². The molecule has 2 fully saturated rings. The summed E-state index contributed by atoms with van der Waals surface area (Å²) in [6.45, 7) is 4.39. The van der Waals surface area contributed by atoms with Gasteiger partial charge in [0.1, 0.15) is 0 Å². The van der Waals surface area contributed by atoms with Crippen molar-refractivity contribution in [2.45, 2.75) is 31.4 Å². The van der Waals surface area contributed by atoms with Gasteiger partial charge in [0.25, 0.3) is 0 Å². The van der Waals surface area contributed by atoms with Crippen LogP contribution in [-0.2, 0) is 18.3 Å². The Morgan fingerprint density at radius 1 is 1.15 bits per heavy atom. The maximum Gasteiger partial charge on any atom is 0.0728 e. The highest BCUT2D eigenvalue weighted by atomic mass is 16.5. The SMILES string of the molecule is Cn1ccc2ccc(CN3CCC4(CCO4)CC3)cc21. The number of piperidine rings is 1. The number of aryl methyl sites for hydroxylation is 1. The molecule has 0 unspecified atom stereocenters. The molecule has 1 aromatic carbocycles. The summed E-state index contributed by atoms with van der Waals surface area (Å²) in [5.41, 5.74) is 3.02. The molecular formula is C17H22N2O. The van der Waals surface area contributed by atoms with Crippen LogP contribution in [0.3, 0.4) is 0 Å². The first-order chi connectivity index (χ1) is 9.74. The van der Waals surface area contributed by atoms with E-state index in [9.17, 15) is 0 Å². The molecule has 2 aromatic rings. The zero-order valence-corrected chi connectivity index (χ0v) is 12.1. The molecule has 3 heteroatoms. The predicted octanol–water partition coefficient (Wildman–Crippen LogP) is 2.93. The number of likely N-dealkylation sites (tertiary alicyclic amines) is 1. The number of rotatable bonds is 2. The molecule has 4 rings (SSSR count). The normalized spacial score (nSPS) is 22.2. The average molecular weight is 270 g/mol. The van der Waals surface area contributed by atoms with Crippen LogP contribution < -0.4 is 0 Å². The molecule has 3 heterocycles. The standard InChI is InChI=1S/C17H22N2O/c1-18-8-4-15-3-2-14(12-16(15)18)13-19-9-5-17(6-10-19)7-11-20-17/h2-4,8,12H,5-7,9-11,13H2,1H3. The second-order valence-corrected chi connectivity index (χ2v) is 6.38. The molecule has 0 bridgehead atoms. The van der Waals surface area contributed by atoms with Crippen LogP contribution in [-0.4, -0.2) is 34.8 Å². The minimum Gasteiger partial charge on any atom is -0.375 e. The fourth-order valence-corrected chi connectivity index (χ4v) is 3.57. The third-order valence-electron chi connectivity index (χ3n) is 5.09. The summed E-state index contributed by atoms with van der Waals surface area (Å²) in [7, 11) is 2.12. The van der Waals surface area contributed by atoms with Crippen molar-refractivity contribution < 1.29 is 4.74 Å². The van der Waals surface area contributed by atoms with Gasteiger partial charge in [0.05, 0.1) is 12.2 Å². The third-order valence-corrected chi connectivity index (χ3v) is 5.09. The number of aromatic nitrogens is 1. The monoisotopic (exact) mass is 270 g/mol. The first kappa shape index (κ1) is 12.4. The molecule has 0 N–H and O–H groups in total. The highest BCUT2D eigenvalue weighted by molar-refractivity contribution is 5.80. The van der Waals surface area contributed by atoms with Gasteiger partial charge >= 0.3 is 0 Å². The van der Waals surface area contributed by atoms with Gasteiger partial charge in [0.15, 0.2) is 0 Å². The molecule has 2 aliphatic heterocycles. The Kier molecular flexibility index (Phi) is 2.86. The molecule has 0 saturated carbocycles. The fourth-order valence-electron chi connectivity index (χ4n) is 3.57. The van der Waals surface area contributed by atoms with Gasteiger partial charge in [-0.15, -0.1) is 0 Å². The van der Waals surface area contributed by atoms with Gasteiger partial charge in [-0.1, -0.05) is 12.1 Å². The number of ether oxygens (including phenoxy) is 1. The van der Waals surface area contributed by atoms with E-state index >= 15 is 0 Å². The Hall–Kier alpha value is -1.32. The van der Waals surface area contributed by atoms with E-state index in [1.165, 1.54) is 48.8 Å². The van der Waals surface area contributed by atoms with Gasteiger partial charge in [0, 0.05) is 38.4 Å². The summed E-state index contributed by atoms with van der Waals surface area (Å²) in [5, 5.41) is 1.33. The lowest BCUT2D eigenvalue weighted by Gasteiger charge is -2.47. The molecule has 20 heavy (non-hydrogen) atoms. The maximum absolute atomic E-state index is 5.79. The maximum atomic E-state index is 5.79. The first-order valence-electron chi connectivity index (χ1n) is 7.64. The van der Waals surface area contributed by atoms with Crippen LogP contribution in [0.4, 0.5) is 0 Å². The van der Waals surface area contributed by atoms with Crippen LogP contribution in [0.1, 0.15) is 24.8 Å². The van der Waals surface area contributed by atoms with E-state index in [4.69, 9.17) is 4.74 Å². The fraction of sp³-hybridized carbons (Fsp3) is 0.529. The molecule has 0 radical (unpaired) electrons. The second-order valence-electron chi connectivity index (χ2n) is 6.38. The predicted molar refractivity (Wildman–Crippen MR) is 80.7 cm³/mol. The van der Waals surface area contributed by atoms with Crippen LogP contribution >= 0.6 is 0 Å². The number of fused-ring (bicyclic) bond motifs is 1. The van der Waals surface area contributed by atoms with Gasteiger partial charge in [-0.2, -0.15) is 0 Å². The smallest absolute Gasteiger partial charge is 0.0728 e. The lowest BCUT2D eigenvalue weighted by atomic mass is 9.84. The minimum atomic E-state index is 0.262. The number of benzene rings is 1. The van der Waals surface area contributed by atoms with Crippen molar-refractivity contribution in [1.82, 2.24) is 9.47 Å². The quantitative estimate of drug-likeness (QED) is 0.835. The molecule has 1 aromatic heterocycles. The van der Waals surface area contributed by atoms with E-state index in [1.807, 2.05) is 0 Å². The summed E-state index contributed by atoms with van der Waals surface area (Å²) < 4.78 is 7.99. The van der Waals surface area contributed by atoms with Crippen molar-refractivity contribution in [2.75, 3.05) is 19.7 Å². The molecule has 2 saturated heterocycles. The molecular weight excluding hydrogens is 248 g/mol. The Morgan fingerprint density at radius 2 is 1.95 bits per heavy atom. The topological polar surface area (TPSA) is 17.4 Å². The summed E-state index contributed by atoms with van der Waals surface area (Å²) in [5.74, 6) is 0. The van der Waals surface area contributed by atoms with Crippen molar-refractivity contribution in [3.8, 4) is 0 Å². The van der Waals surface area contributed by atoms with Crippen LogP contribution in [0.5, 0.6) is 0 Å². The summed E-state index contributed by atoms with van der Waals surface area (Å²) >= 11 is 0. The van der Waals surface area contributed by atoms with Crippen molar-refractivity contribution >= 4 is 10.9 Å². The summed E-state index contributed by atoms with van der Waals surface area (Å²) in [4.78, 5) is 2.57. The van der Waals surface area contributed by atoms with Gasteiger partial charge in [-0.3, -0.25) is 4.90 Å². The largest absolute Gasteiger partial charge is 0.375 e. The van der Waals surface area contributed by atoms with Crippen molar-refractivity contribution in [1.29, 1.82) is 0 Å². The third kappa shape index (κ3) is 2.05. The van der Waals surface area contributed by atoms with Crippen molar-refractivity contribution in [3.05, 3.63) is 36.0 Å². The van der Waals surface area contributed by atoms with Gasteiger partial charge in [0.2, 0.25) is 0 Å². The van der Waals surface area contributed by atoms with Crippen LogP contribution in [0, 0.1) is 0 Å². The lowest BCUT2D eigenvalue weighted by Crippen LogP contribution is -2.52. The Labute approximate surface area is 120 Å². The summed E-state index contributed by atoms with van der Waals surface area (Å²) in [6.07, 6.45) is 5.82. The number of hydrogen-bond donors (Lipinski definition) is 0. The Bertz CT molecular complexity index is 617. The molecule has 0 aliphatic carbocycles. The lowest BCUT2D eigenvalue weighted by molar-refractivity contribution is -0.173. The molecule has 0 amide bonds. The molecule has 0 atom stereocenters. The Balaban J connectivity index is 1.46. The van der Waals surface area contributed by atoms with Gasteiger partial charge in [-0.05, 0) is 42.3 Å². The van der Waals surface area contributed by atoms with E-state index in [-0.39, 0.29) is 5.60 Å². The van der Waals surface area contributed by atoms with Gasteiger partial charge < -0.3 is 9.30 Å². The zero-order chi connectivity index (χ0) is 13.6. The number of nitrogens with zero attached hydrogens (tertiary/aromatic N) is 2. The highest BCUT2D eigenvalue weighted by Gasteiger charge is 2.40. The van der Waals surface area contributed by atoms with Crippen LogP contribution in [0.2, 0.25) is 0 Å². The van der Waals surface area contributed by atoms with Gasteiger partial charge in [-0.25, -0.2) is 0 Å². The minimum absolute atomic E-state index is 0.262. The van der Waals surface area contributed by atoms with E-state index in [0.717, 1.165) is 13.2 Å². The first-order valence-corrected chi connectivity index (χ1v) is 7.64. The number of hydrogen-bond acceptors (Lipinski definition) is 2. The molecule has 1 spiro atoms. The second kappa shape index (κ2) is 4.61. The average Bonchev–Trinajstić information content (AvgIpc) is 2.80. The van der Waals surface area contributed by atoms with Crippen molar-refractivity contribution in [2.24, 2.45) is 7.05 Å². The van der Waals surface area contributed by atoms with Crippen molar-refractivity contribution in [3.63, 3.8) is 0 Å². The molecule has 2 aliphatic rings.